The van der Waals surface area contributed by atoms with Crippen molar-refractivity contribution < 1.29 is 9.59 Å². The van der Waals surface area contributed by atoms with E-state index in [0.29, 0.717) is 11.1 Å². The molecule has 0 unspecified atom stereocenters. The van der Waals surface area contributed by atoms with Crippen LogP contribution in [0.5, 0.6) is 0 Å². The number of urea groups is 1. The quantitative estimate of drug-likeness (QED) is 0.750. The molecule has 0 saturated heterocycles. The summed E-state index contributed by atoms with van der Waals surface area (Å²) < 4.78 is 1.25. The van der Waals surface area contributed by atoms with Crippen molar-refractivity contribution in [3.05, 3.63) is 64.4 Å². The van der Waals surface area contributed by atoms with E-state index in [0.717, 1.165) is 16.5 Å². The lowest BCUT2D eigenvalue weighted by molar-refractivity contribution is -0.120. The molecule has 0 bridgehead atoms. The molecule has 3 amide bonds. The van der Waals surface area contributed by atoms with Crippen LogP contribution in [0.2, 0.25) is 0 Å². The Labute approximate surface area is 149 Å². The van der Waals surface area contributed by atoms with E-state index in [1.807, 2.05) is 48.6 Å². The van der Waals surface area contributed by atoms with E-state index in [1.54, 1.807) is 12.1 Å². The van der Waals surface area contributed by atoms with Gasteiger partial charge in [0, 0.05) is 17.4 Å². The zero-order valence-corrected chi connectivity index (χ0v) is 14.2. The van der Waals surface area contributed by atoms with E-state index in [9.17, 15) is 14.4 Å². The van der Waals surface area contributed by atoms with Crippen LogP contribution in [-0.4, -0.2) is 21.7 Å². The first-order chi connectivity index (χ1) is 12.5. The van der Waals surface area contributed by atoms with Crippen molar-refractivity contribution in [1.29, 1.82) is 0 Å². The van der Waals surface area contributed by atoms with Gasteiger partial charge in [-0.3, -0.25) is 14.9 Å². The average Bonchev–Trinajstić information content (AvgIpc) is 2.62. The summed E-state index contributed by atoms with van der Waals surface area (Å²) in [7, 11) is 0. The van der Waals surface area contributed by atoms with Crippen molar-refractivity contribution in [2.24, 2.45) is 5.73 Å². The zero-order valence-electron chi connectivity index (χ0n) is 14.2. The summed E-state index contributed by atoms with van der Waals surface area (Å²) in [6.45, 7) is 2.04. The van der Waals surface area contributed by atoms with Crippen molar-refractivity contribution in [1.82, 2.24) is 15.1 Å². The summed E-state index contributed by atoms with van der Waals surface area (Å²) in [4.78, 5) is 35.1. The number of fused-ring (bicyclic) bond motifs is 1. The van der Waals surface area contributed by atoms with Crippen LogP contribution >= 0.6 is 0 Å². The van der Waals surface area contributed by atoms with Gasteiger partial charge in [0.25, 0.3) is 5.56 Å². The van der Waals surface area contributed by atoms with E-state index in [1.165, 1.54) is 4.68 Å². The highest BCUT2D eigenvalue weighted by Crippen LogP contribution is 2.24. The minimum Gasteiger partial charge on any atom is -0.351 e. The average molecular weight is 350 g/mol. The number of nitrogens with two attached hydrogens (primary N) is 1. The van der Waals surface area contributed by atoms with Gasteiger partial charge in [0.1, 0.15) is 0 Å². The Morgan fingerprint density at radius 3 is 2.38 bits per heavy atom. The first kappa shape index (κ1) is 17.3. The van der Waals surface area contributed by atoms with Crippen molar-refractivity contribution in [3.8, 4) is 11.3 Å². The van der Waals surface area contributed by atoms with Gasteiger partial charge in [-0.1, -0.05) is 48.0 Å². The molecular formula is C19H18N4O3. The molecule has 7 nitrogen and oxygen atoms in total. The van der Waals surface area contributed by atoms with Crippen LogP contribution in [0.3, 0.4) is 0 Å². The standard InChI is InChI=1S/C19H18N4O3/c1-12-6-8-13(9-7-12)17-14-4-2-3-5-15(14)18(25)23(22-17)11-10-16(24)21-19(20)26/h2-9H,10-11H2,1H3,(H3,20,21,24,26). The van der Waals surface area contributed by atoms with Gasteiger partial charge in [0.2, 0.25) is 5.91 Å². The third-order valence-electron chi connectivity index (χ3n) is 4.01. The first-order valence-electron chi connectivity index (χ1n) is 8.12. The number of primary amides is 1. The van der Waals surface area contributed by atoms with Crippen molar-refractivity contribution in [2.45, 2.75) is 19.9 Å². The van der Waals surface area contributed by atoms with Crippen LogP contribution < -0.4 is 16.6 Å². The first-order valence-corrected chi connectivity index (χ1v) is 8.12. The molecule has 0 spiro atoms. The Kier molecular flexibility index (Phi) is 4.79. The van der Waals surface area contributed by atoms with Gasteiger partial charge in [-0.2, -0.15) is 5.10 Å². The number of aryl methyl sites for hydroxylation is 2. The van der Waals surface area contributed by atoms with Crippen LogP contribution in [-0.2, 0) is 11.3 Å². The number of aromatic nitrogens is 2. The minimum absolute atomic E-state index is 0.0433. The number of imide groups is 1. The smallest absolute Gasteiger partial charge is 0.318 e. The Balaban J connectivity index is 2.05. The molecule has 1 heterocycles. The second-order valence-electron chi connectivity index (χ2n) is 5.95. The molecular weight excluding hydrogens is 332 g/mol. The van der Waals surface area contributed by atoms with Gasteiger partial charge in [-0.05, 0) is 13.0 Å². The molecule has 0 aliphatic rings. The second kappa shape index (κ2) is 7.18. The van der Waals surface area contributed by atoms with Gasteiger partial charge in [0.05, 0.1) is 17.6 Å². The highest BCUT2D eigenvalue weighted by molar-refractivity contribution is 5.94. The summed E-state index contributed by atoms with van der Waals surface area (Å²) >= 11 is 0. The predicted molar refractivity (Wildman–Crippen MR) is 98.5 cm³/mol. The molecule has 2 aromatic carbocycles. The number of nitrogens with one attached hydrogen (secondary N) is 1. The van der Waals surface area contributed by atoms with Crippen molar-refractivity contribution in [2.75, 3.05) is 0 Å². The number of hydrogen-bond acceptors (Lipinski definition) is 4. The molecule has 0 radical (unpaired) electrons. The van der Waals surface area contributed by atoms with Gasteiger partial charge in [-0.15, -0.1) is 0 Å². The Hall–Kier alpha value is -3.48. The lowest BCUT2D eigenvalue weighted by Gasteiger charge is -2.11. The second-order valence-corrected chi connectivity index (χ2v) is 5.95. The molecule has 3 aromatic rings. The minimum atomic E-state index is -0.922. The summed E-state index contributed by atoms with van der Waals surface area (Å²) in [5.41, 5.74) is 7.29. The molecule has 3 N–H and O–H groups in total. The summed E-state index contributed by atoms with van der Waals surface area (Å²) in [5, 5.41) is 7.71. The van der Waals surface area contributed by atoms with E-state index >= 15 is 0 Å². The molecule has 1 aromatic heterocycles. The normalized spacial score (nSPS) is 10.7. The third kappa shape index (κ3) is 3.61. The van der Waals surface area contributed by atoms with Crippen LogP contribution in [0.15, 0.2) is 53.3 Å². The molecule has 0 fully saturated rings. The van der Waals surface area contributed by atoms with E-state index in [4.69, 9.17) is 5.73 Å². The van der Waals surface area contributed by atoms with Crippen LogP contribution in [0, 0.1) is 6.92 Å². The summed E-state index contributed by atoms with van der Waals surface area (Å²) in [6, 6.07) is 14.1. The fourth-order valence-electron chi connectivity index (χ4n) is 2.72. The topological polar surface area (TPSA) is 107 Å². The van der Waals surface area contributed by atoms with Crippen molar-refractivity contribution in [3.63, 3.8) is 0 Å². The summed E-state index contributed by atoms with van der Waals surface area (Å²) in [6.07, 6.45) is -0.0818. The molecule has 0 atom stereocenters. The highest BCUT2D eigenvalue weighted by atomic mass is 16.2. The number of benzene rings is 2. The summed E-state index contributed by atoms with van der Waals surface area (Å²) in [5.74, 6) is -0.559. The molecule has 0 aliphatic carbocycles. The third-order valence-corrected chi connectivity index (χ3v) is 4.01. The number of rotatable bonds is 4. The maximum absolute atomic E-state index is 12.7. The highest BCUT2D eigenvalue weighted by Gasteiger charge is 2.13. The van der Waals surface area contributed by atoms with Gasteiger partial charge >= 0.3 is 6.03 Å². The number of carbonyl (C=O) groups is 2. The lowest BCUT2D eigenvalue weighted by Crippen LogP contribution is -2.36. The number of carbonyl (C=O) groups excluding carboxylic acids is 2. The maximum atomic E-state index is 12.7. The van der Waals surface area contributed by atoms with Crippen molar-refractivity contribution >= 4 is 22.7 Å². The van der Waals surface area contributed by atoms with E-state index < -0.39 is 11.9 Å². The molecule has 0 aliphatic heterocycles. The Morgan fingerprint density at radius 2 is 1.73 bits per heavy atom. The van der Waals surface area contributed by atoms with Crippen LogP contribution in [0.1, 0.15) is 12.0 Å². The van der Waals surface area contributed by atoms with E-state index in [2.05, 4.69) is 5.10 Å². The van der Waals surface area contributed by atoms with Crippen LogP contribution in [0.4, 0.5) is 4.79 Å². The number of nitrogens with zero attached hydrogens (tertiary/aromatic N) is 2. The molecule has 3 rings (SSSR count). The Bertz CT molecular complexity index is 1040. The van der Waals surface area contributed by atoms with Gasteiger partial charge < -0.3 is 5.73 Å². The SMILES string of the molecule is Cc1ccc(-c2nn(CCC(=O)NC(N)=O)c(=O)c3ccccc23)cc1. The molecule has 0 saturated carbocycles. The lowest BCUT2D eigenvalue weighted by atomic mass is 10.0. The van der Waals surface area contributed by atoms with Crippen LogP contribution in [0.25, 0.3) is 22.0 Å². The number of hydrogen-bond donors (Lipinski definition) is 2. The predicted octanol–water partition coefficient (Wildman–Crippen LogP) is 1.96. The number of amides is 3. The molecule has 7 heteroatoms. The molecule has 26 heavy (non-hydrogen) atoms. The Morgan fingerprint density at radius 1 is 1.08 bits per heavy atom. The largest absolute Gasteiger partial charge is 0.351 e. The fraction of sp³-hybridized carbons (Fsp3) is 0.158. The zero-order chi connectivity index (χ0) is 18.7. The van der Waals surface area contributed by atoms with Gasteiger partial charge in [0.15, 0.2) is 0 Å². The fourth-order valence-corrected chi connectivity index (χ4v) is 2.72. The molecule has 132 valence electrons. The van der Waals surface area contributed by atoms with E-state index in [-0.39, 0.29) is 18.5 Å². The monoisotopic (exact) mass is 350 g/mol. The maximum Gasteiger partial charge on any atom is 0.318 e. The van der Waals surface area contributed by atoms with Gasteiger partial charge in [-0.25, -0.2) is 9.48 Å².